The van der Waals surface area contributed by atoms with Crippen molar-refractivity contribution in [2.24, 2.45) is 11.3 Å². The van der Waals surface area contributed by atoms with Crippen molar-refractivity contribution in [2.45, 2.75) is 78.7 Å². The van der Waals surface area contributed by atoms with Crippen LogP contribution >= 0.6 is 0 Å². The van der Waals surface area contributed by atoms with E-state index in [9.17, 15) is 0 Å². The predicted molar refractivity (Wildman–Crippen MR) is 84.5 cm³/mol. The summed E-state index contributed by atoms with van der Waals surface area (Å²) in [6, 6.07) is 0. The van der Waals surface area contributed by atoms with Gasteiger partial charge in [-0.05, 0) is 17.0 Å². The molecule has 0 unspecified atom stereocenters. The third kappa shape index (κ3) is 2.98. The quantitative estimate of drug-likeness (QED) is 0.528. The van der Waals surface area contributed by atoms with Gasteiger partial charge in [0.2, 0.25) is 0 Å². The van der Waals surface area contributed by atoms with Crippen LogP contribution in [0.15, 0.2) is 12.7 Å². The van der Waals surface area contributed by atoms with Crippen LogP contribution in [-0.4, -0.2) is 20.8 Å². The Labute approximate surface area is 120 Å². The fourth-order valence-corrected chi connectivity index (χ4v) is 7.09. The van der Waals surface area contributed by atoms with Crippen molar-refractivity contribution in [1.82, 2.24) is 0 Å². The van der Waals surface area contributed by atoms with E-state index >= 15 is 0 Å². The first kappa shape index (κ1) is 16.9. The molecule has 0 bridgehead atoms. The lowest BCUT2D eigenvalue weighted by molar-refractivity contribution is 0.0498. The van der Waals surface area contributed by atoms with Crippen LogP contribution in [0, 0.1) is 11.3 Å². The zero-order chi connectivity index (χ0) is 15.0. The molecule has 112 valence electrons. The van der Waals surface area contributed by atoms with E-state index < -0.39 is 8.56 Å². The summed E-state index contributed by atoms with van der Waals surface area (Å²) in [6.45, 7) is 21.8. The Morgan fingerprint density at radius 2 is 1.47 bits per heavy atom. The Hall–Kier alpha value is -0.123. The topological polar surface area (TPSA) is 18.5 Å². The molecular formula is C16H32O2Si. The molecule has 2 atom stereocenters. The van der Waals surface area contributed by atoms with Gasteiger partial charge in [-0.25, -0.2) is 0 Å². The van der Waals surface area contributed by atoms with Crippen molar-refractivity contribution < 1.29 is 8.85 Å². The first-order valence-electron chi connectivity index (χ1n) is 7.57. The van der Waals surface area contributed by atoms with Crippen LogP contribution in [0.3, 0.4) is 0 Å². The molecule has 1 fully saturated rings. The van der Waals surface area contributed by atoms with Crippen molar-refractivity contribution >= 4 is 8.56 Å². The van der Waals surface area contributed by atoms with Gasteiger partial charge in [0.25, 0.3) is 0 Å². The summed E-state index contributed by atoms with van der Waals surface area (Å²) in [5, 5.41) is 0. The van der Waals surface area contributed by atoms with E-state index in [4.69, 9.17) is 8.85 Å². The summed E-state index contributed by atoms with van der Waals surface area (Å²) in [4.78, 5) is 0. The van der Waals surface area contributed by atoms with E-state index in [0.29, 0.717) is 17.0 Å². The highest BCUT2D eigenvalue weighted by Crippen LogP contribution is 2.48. The molecule has 2 nitrogen and oxygen atoms in total. The molecule has 0 amide bonds. The van der Waals surface area contributed by atoms with E-state index in [1.807, 2.05) is 6.08 Å². The Bertz CT molecular complexity index is 313. The molecule has 0 spiro atoms. The number of rotatable bonds is 5. The van der Waals surface area contributed by atoms with Gasteiger partial charge in [-0.2, -0.15) is 0 Å². The number of hydrogen-bond donors (Lipinski definition) is 0. The van der Waals surface area contributed by atoms with Gasteiger partial charge in [-0.15, -0.1) is 6.58 Å². The molecule has 3 heteroatoms. The Kier molecular flexibility index (Phi) is 5.08. The fraction of sp³-hybridized carbons (Fsp3) is 0.875. The van der Waals surface area contributed by atoms with Crippen LogP contribution in [-0.2, 0) is 8.85 Å². The van der Waals surface area contributed by atoms with Gasteiger partial charge in [-0.1, -0.05) is 61.5 Å². The maximum Gasteiger partial charge on any atom is 0.344 e. The Morgan fingerprint density at radius 3 is 1.79 bits per heavy atom. The minimum atomic E-state index is -2.15. The Morgan fingerprint density at radius 1 is 1.00 bits per heavy atom. The lowest BCUT2D eigenvalue weighted by Crippen LogP contribution is -2.45. The molecule has 0 saturated carbocycles. The molecule has 1 saturated heterocycles. The van der Waals surface area contributed by atoms with Crippen molar-refractivity contribution in [3.05, 3.63) is 12.7 Å². The van der Waals surface area contributed by atoms with E-state index in [0.717, 1.165) is 0 Å². The maximum atomic E-state index is 6.65. The zero-order valence-electron chi connectivity index (χ0n) is 14.0. The van der Waals surface area contributed by atoms with Crippen molar-refractivity contribution in [1.29, 1.82) is 0 Å². The summed E-state index contributed by atoms with van der Waals surface area (Å²) in [5.74, 6) is 0.469. The van der Waals surface area contributed by atoms with Gasteiger partial charge in [0.15, 0.2) is 0 Å². The van der Waals surface area contributed by atoms with Crippen molar-refractivity contribution in [2.75, 3.05) is 0 Å². The predicted octanol–water partition coefficient (Wildman–Crippen LogP) is 4.90. The zero-order valence-corrected chi connectivity index (χ0v) is 15.0. The van der Waals surface area contributed by atoms with Gasteiger partial charge in [0.1, 0.15) is 0 Å². The highest BCUT2D eigenvalue weighted by molar-refractivity contribution is 6.70. The smallest absolute Gasteiger partial charge is 0.344 e. The summed E-state index contributed by atoms with van der Waals surface area (Å²) < 4.78 is 13.2. The van der Waals surface area contributed by atoms with E-state index in [2.05, 4.69) is 62.0 Å². The van der Waals surface area contributed by atoms with Crippen LogP contribution in [0.4, 0.5) is 0 Å². The lowest BCUT2D eigenvalue weighted by Gasteiger charge is -2.34. The van der Waals surface area contributed by atoms with Crippen LogP contribution in [0.1, 0.15) is 55.4 Å². The Balaban J connectivity index is 3.16. The van der Waals surface area contributed by atoms with E-state index in [1.165, 1.54) is 0 Å². The molecule has 19 heavy (non-hydrogen) atoms. The molecule has 1 rings (SSSR count). The largest absolute Gasteiger partial charge is 0.388 e. The molecule has 0 aliphatic carbocycles. The number of hydrogen-bond acceptors (Lipinski definition) is 2. The summed E-state index contributed by atoms with van der Waals surface area (Å²) in [7, 11) is -2.15. The summed E-state index contributed by atoms with van der Waals surface area (Å²) >= 11 is 0. The fourth-order valence-electron chi connectivity index (χ4n) is 2.96. The molecular weight excluding hydrogens is 252 g/mol. The molecule has 1 aliphatic rings. The second kappa shape index (κ2) is 5.70. The van der Waals surface area contributed by atoms with E-state index in [-0.39, 0.29) is 17.6 Å². The normalized spacial score (nSPS) is 27.5. The van der Waals surface area contributed by atoms with Crippen LogP contribution < -0.4 is 0 Å². The molecule has 0 N–H and O–H groups in total. The minimum absolute atomic E-state index is 0.0481. The van der Waals surface area contributed by atoms with Crippen molar-refractivity contribution in [3.8, 4) is 0 Å². The first-order chi connectivity index (χ1) is 8.58. The molecule has 1 heterocycles. The highest BCUT2D eigenvalue weighted by atomic mass is 28.4. The maximum absolute atomic E-state index is 6.65. The average molecular weight is 285 g/mol. The minimum Gasteiger partial charge on any atom is -0.388 e. The molecule has 0 aromatic rings. The standard InChI is InChI=1S/C16H32O2Si/c1-10-16(8,9)15-14(11(2)3)17-19(18-15,12(4)5)13(6)7/h10-15H,1H2,2-9H3/t14-,15+/m0/s1. The third-order valence-corrected chi connectivity index (χ3v) is 8.94. The molecule has 1 aliphatic heterocycles. The molecule has 0 radical (unpaired) electrons. The SMILES string of the molecule is C=CC(C)(C)[C@@H]1O[Si](C(C)C)(C(C)C)O[C@H]1C(C)C. The van der Waals surface area contributed by atoms with Gasteiger partial charge >= 0.3 is 8.56 Å². The van der Waals surface area contributed by atoms with Gasteiger partial charge < -0.3 is 8.85 Å². The van der Waals surface area contributed by atoms with Crippen LogP contribution in [0.25, 0.3) is 0 Å². The van der Waals surface area contributed by atoms with Gasteiger partial charge in [-0.3, -0.25) is 0 Å². The second-order valence-corrected chi connectivity index (χ2v) is 11.6. The van der Waals surface area contributed by atoms with E-state index in [1.54, 1.807) is 0 Å². The van der Waals surface area contributed by atoms with Crippen LogP contribution in [0.5, 0.6) is 0 Å². The summed E-state index contributed by atoms with van der Waals surface area (Å²) in [5.41, 5.74) is 0.895. The second-order valence-electron chi connectivity index (χ2n) is 7.42. The third-order valence-electron chi connectivity index (χ3n) is 4.46. The van der Waals surface area contributed by atoms with Gasteiger partial charge in [0.05, 0.1) is 12.2 Å². The van der Waals surface area contributed by atoms with Crippen LogP contribution in [0.2, 0.25) is 11.1 Å². The monoisotopic (exact) mass is 284 g/mol. The molecule has 0 aromatic carbocycles. The summed E-state index contributed by atoms with van der Waals surface area (Å²) in [6.07, 6.45) is 2.33. The lowest BCUT2D eigenvalue weighted by atomic mass is 9.81. The van der Waals surface area contributed by atoms with Crippen molar-refractivity contribution in [3.63, 3.8) is 0 Å². The first-order valence-corrected chi connectivity index (χ1v) is 9.54. The average Bonchev–Trinajstić information content (AvgIpc) is 2.71. The molecule has 0 aromatic heterocycles. The highest BCUT2D eigenvalue weighted by Gasteiger charge is 2.58. The van der Waals surface area contributed by atoms with Gasteiger partial charge in [0, 0.05) is 5.41 Å².